The van der Waals surface area contributed by atoms with Crippen molar-refractivity contribution in [3.63, 3.8) is 0 Å². The molecule has 14 heavy (non-hydrogen) atoms. The maximum atomic E-state index is 10.6. The Kier molecular flexibility index (Phi) is 3.07. The molecule has 0 bridgehead atoms. The second kappa shape index (κ2) is 4.00. The van der Waals surface area contributed by atoms with Crippen LogP contribution in [0.1, 0.15) is 25.7 Å². The molecule has 2 aliphatic rings. The molecule has 4 N–H and O–H groups in total. The molecule has 0 radical (unpaired) electrons. The van der Waals surface area contributed by atoms with Gasteiger partial charge in [0.05, 0.1) is 5.60 Å². The second-order valence-corrected chi connectivity index (χ2v) is 5.77. The lowest BCUT2D eigenvalue weighted by atomic mass is 9.71. The van der Waals surface area contributed by atoms with Crippen LogP contribution in [0, 0.1) is 0 Å². The smallest absolute Gasteiger partial charge is 0.0843 e. The fourth-order valence-electron chi connectivity index (χ4n) is 2.55. The van der Waals surface area contributed by atoms with Gasteiger partial charge in [0.1, 0.15) is 0 Å². The van der Waals surface area contributed by atoms with Crippen molar-refractivity contribution < 1.29 is 5.11 Å². The third kappa shape index (κ3) is 1.81. The molecule has 2 heterocycles. The van der Waals surface area contributed by atoms with E-state index in [9.17, 15) is 5.11 Å². The molecule has 0 spiro atoms. The molecule has 0 amide bonds. The standard InChI is InChI=1S/C10H20N2OS/c11-9(1-5-12-6-2-9)10(13)3-7-14-8-4-10/h12-13H,1-8,11H2. The number of thioether (sulfide) groups is 1. The molecule has 2 saturated heterocycles. The van der Waals surface area contributed by atoms with Crippen LogP contribution in [0.4, 0.5) is 0 Å². The Bertz CT molecular complexity index is 176. The van der Waals surface area contributed by atoms with E-state index in [4.69, 9.17) is 5.73 Å². The highest BCUT2D eigenvalue weighted by atomic mass is 32.2. The van der Waals surface area contributed by atoms with E-state index < -0.39 is 5.60 Å². The monoisotopic (exact) mass is 216 g/mol. The Morgan fingerprint density at radius 2 is 1.64 bits per heavy atom. The first-order chi connectivity index (χ1) is 6.66. The molecule has 2 aliphatic heterocycles. The van der Waals surface area contributed by atoms with Crippen LogP contribution in [0.15, 0.2) is 0 Å². The average Bonchev–Trinajstić information content (AvgIpc) is 2.20. The van der Waals surface area contributed by atoms with Gasteiger partial charge in [0, 0.05) is 5.54 Å². The number of aliphatic hydroxyl groups is 1. The lowest BCUT2D eigenvalue weighted by molar-refractivity contribution is -0.0551. The molecule has 0 aromatic carbocycles. The van der Waals surface area contributed by atoms with Gasteiger partial charge in [-0.2, -0.15) is 11.8 Å². The van der Waals surface area contributed by atoms with Crippen molar-refractivity contribution in [1.29, 1.82) is 0 Å². The van der Waals surface area contributed by atoms with E-state index in [1.54, 1.807) is 0 Å². The van der Waals surface area contributed by atoms with Crippen LogP contribution in [0.25, 0.3) is 0 Å². The third-order valence-electron chi connectivity index (χ3n) is 3.74. The zero-order chi connectivity index (χ0) is 10.1. The van der Waals surface area contributed by atoms with Crippen LogP contribution in [0.2, 0.25) is 0 Å². The van der Waals surface area contributed by atoms with Crippen LogP contribution in [0.3, 0.4) is 0 Å². The van der Waals surface area contributed by atoms with E-state index in [-0.39, 0.29) is 5.54 Å². The van der Waals surface area contributed by atoms with Crippen molar-refractivity contribution in [2.75, 3.05) is 24.6 Å². The SMILES string of the molecule is NC1(C2(O)CCSCC2)CCNCC1. The van der Waals surface area contributed by atoms with Gasteiger partial charge < -0.3 is 16.2 Å². The van der Waals surface area contributed by atoms with Gasteiger partial charge in [0.2, 0.25) is 0 Å². The Morgan fingerprint density at radius 3 is 2.21 bits per heavy atom. The van der Waals surface area contributed by atoms with Gasteiger partial charge in [-0.1, -0.05) is 0 Å². The minimum atomic E-state index is -0.597. The van der Waals surface area contributed by atoms with Crippen LogP contribution < -0.4 is 11.1 Å². The van der Waals surface area contributed by atoms with Crippen molar-refractivity contribution in [2.45, 2.75) is 36.8 Å². The first-order valence-electron chi connectivity index (χ1n) is 5.46. The summed E-state index contributed by atoms with van der Waals surface area (Å²) in [7, 11) is 0. The van der Waals surface area contributed by atoms with Crippen LogP contribution in [-0.4, -0.2) is 40.8 Å². The van der Waals surface area contributed by atoms with E-state index in [0.29, 0.717) is 0 Å². The summed E-state index contributed by atoms with van der Waals surface area (Å²) in [6.07, 6.45) is 3.56. The number of rotatable bonds is 1. The minimum Gasteiger partial charge on any atom is -0.388 e. The van der Waals surface area contributed by atoms with Crippen molar-refractivity contribution in [2.24, 2.45) is 5.73 Å². The van der Waals surface area contributed by atoms with Gasteiger partial charge in [-0.3, -0.25) is 0 Å². The normalized spacial score (nSPS) is 31.3. The molecule has 4 heteroatoms. The van der Waals surface area contributed by atoms with Crippen molar-refractivity contribution >= 4 is 11.8 Å². The van der Waals surface area contributed by atoms with Gasteiger partial charge in [-0.25, -0.2) is 0 Å². The third-order valence-corrected chi connectivity index (χ3v) is 4.73. The lowest BCUT2D eigenvalue weighted by Gasteiger charge is -2.49. The summed E-state index contributed by atoms with van der Waals surface area (Å²) in [5.74, 6) is 2.12. The Labute approximate surface area is 89.8 Å². The quantitative estimate of drug-likeness (QED) is 0.591. The molecule has 0 aliphatic carbocycles. The molecule has 0 aromatic heterocycles. The Hall–Kier alpha value is 0.230. The Morgan fingerprint density at radius 1 is 1.07 bits per heavy atom. The molecule has 82 valence electrons. The largest absolute Gasteiger partial charge is 0.388 e. The minimum absolute atomic E-state index is 0.334. The zero-order valence-electron chi connectivity index (χ0n) is 8.59. The molecule has 0 unspecified atom stereocenters. The molecular weight excluding hydrogens is 196 g/mol. The predicted molar refractivity (Wildman–Crippen MR) is 60.5 cm³/mol. The lowest BCUT2D eigenvalue weighted by Crippen LogP contribution is -2.65. The maximum absolute atomic E-state index is 10.6. The van der Waals surface area contributed by atoms with Gasteiger partial charge >= 0.3 is 0 Å². The maximum Gasteiger partial charge on any atom is 0.0843 e. The van der Waals surface area contributed by atoms with Gasteiger partial charge in [0.25, 0.3) is 0 Å². The summed E-state index contributed by atoms with van der Waals surface area (Å²) in [6, 6.07) is 0. The first kappa shape index (κ1) is 10.7. The average molecular weight is 216 g/mol. The molecular formula is C10H20N2OS. The second-order valence-electron chi connectivity index (χ2n) is 4.55. The van der Waals surface area contributed by atoms with Crippen molar-refractivity contribution in [1.82, 2.24) is 5.32 Å². The van der Waals surface area contributed by atoms with E-state index in [1.165, 1.54) is 0 Å². The van der Waals surface area contributed by atoms with E-state index in [2.05, 4.69) is 5.32 Å². The molecule has 3 nitrogen and oxygen atoms in total. The van der Waals surface area contributed by atoms with E-state index in [1.807, 2.05) is 11.8 Å². The summed E-state index contributed by atoms with van der Waals surface area (Å²) in [5.41, 5.74) is 5.44. The highest BCUT2D eigenvalue weighted by molar-refractivity contribution is 7.99. The molecule has 0 aromatic rings. The van der Waals surface area contributed by atoms with Crippen LogP contribution in [-0.2, 0) is 0 Å². The van der Waals surface area contributed by atoms with Gasteiger partial charge in [-0.05, 0) is 50.3 Å². The first-order valence-corrected chi connectivity index (χ1v) is 6.62. The number of hydrogen-bond donors (Lipinski definition) is 3. The number of nitrogens with one attached hydrogen (secondary N) is 1. The zero-order valence-corrected chi connectivity index (χ0v) is 9.41. The molecule has 0 saturated carbocycles. The fraction of sp³-hybridized carbons (Fsp3) is 1.00. The summed E-state index contributed by atoms with van der Waals surface area (Å²) in [4.78, 5) is 0. The topological polar surface area (TPSA) is 58.3 Å². The number of nitrogens with two attached hydrogens (primary N) is 1. The summed E-state index contributed by atoms with van der Waals surface area (Å²) < 4.78 is 0. The van der Waals surface area contributed by atoms with Gasteiger partial charge in [0.15, 0.2) is 0 Å². The molecule has 0 atom stereocenters. The highest BCUT2D eigenvalue weighted by Crippen LogP contribution is 2.38. The molecule has 2 fully saturated rings. The van der Waals surface area contributed by atoms with Crippen LogP contribution in [0.5, 0.6) is 0 Å². The number of hydrogen-bond acceptors (Lipinski definition) is 4. The molecule has 2 rings (SSSR count). The van der Waals surface area contributed by atoms with Gasteiger partial charge in [-0.15, -0.1) is 0 Å². The Balaban J connectivity index is 2.09. The summed E-state index contributed by atoms with van der Waals surface area (Å²) >= 11 is 1.93. The van der Waals surface area contributed by atoms with Crippen molar-refractivity contribution in [3.8, 4) is 0 Å². The fourth-order valence-corrected chi connectivity index (χ4v) is 3.71. The predicted octanol–water partition coefficient (Wildman–Crippen LogP) is 0.325. The summed E-state index contributed by atoms with van der Waals surface area (Å²) in [5, 5.41) is 13.9. The number of piperidine rings is 1. The highest BCUT2D eigenvalue weighted by Gasteiger charge is 2.48. The van der Waals surface area contributed by atoms with E-state index in [0.717, 1.165) is 50.3 Å². The van der Waals surface area contributed by atoms with Crippen molar-refractivity contribution in [3.05, 3.63) is 0 Å². The van der Waals surface area contributed by atoms with Crippen LogP contribution >= 0.6 is 11.8 Å². The van der Waals surface area contributed by atoms with E-state index >= 15 is 0 Å². The summed E-state index contributed by atoms with van der Waals surface area (Å²) in [6.45, 7) is 1.90.